The molecule has 0 amide bonds. The predicted molar refractivity (Wildman–Crippen MR) is 50.5 cm³/mol. The van der Waals surface area contributed by atoms with Crippen molar-refractivity contribution in [3.63, 3.8) is 0 Å². The van der Waals surface area contributed by atoms with Crippen molar-refractivity contribution in [2.24, 2.45) is 7.05 Å². The highest BCUT2D eigenvalue weighted by Gasteiger charge is 2.33. The van der Waals surface area contributed by atoms with Crippen molar-refractivity contribution in [2.45, 2.75) is 13.1 Å². The number of aryl methyl sites for hydroxylation is 2. The lowest BCUT2D eigenvalue weighted by Gasteiger charge is -2.10. The minimum absolute atomic E-state index is 0.181. The standard InChI is InChI=1S/C10H9F3N2/c1-6-7(10(11,12)13)3-4-8-9(6)14-5-15(8)2/h3-5H,1-2H3. The Balaban J connectivity index is 2.77. The second kappa shape index (κ2) is 2.98. The molecule has 0 bridgehead atoms. The van der Waals surface area contributed by atoms with E-state index in [-0.39, 0.29) is 5.56 Å². The Labute approximate surface area is 84.3 Å². The van der Waals surface area contributed by atoms with E-state index < -0.39 is 11.7 Å². The lowest BCUT2D eigenvalue weighted by molar-refractivity contribution is -0.137. The van der Waals surface area contributed by atoms with Crippen LogP contribution in [-0.2, 0) is 13.2 Å². The van der Waals surface area contributed by atoms with E-state index in [1.165, 1.54) is 19.3 Å². The lowest BCUT2D eigenvalue weighted by atomic mass is 10.1. The Morgan fingerprint density at radius 2 is 1.93 bits per heavy atom. The highest BCUT2D eigenvalue weighted by molar-refractivity contribution is 5.80. The third-order valence-electron chi connectivity index (χ3n) is 2.46. The minimum Gasteiger partial charge on any atom is -0.334 e. The largest absolute Gasteiger partial charge is 0.416 e. The third-order valence-corrected chi connectivity index (χ3v) is 2.46. The van der Waals surface area contributed by atoms with E-state index in [1.54, 1.807) is 11.6 Å². The van der Waals surface area contributed by atoms with Crippen molar-refractivity contribution in [1.29, 1.82) is 0 Å². The van der Waals surface area contributed by atoms with Crippen LogP contribution in [0.3, 0.4) is 0 Å². The van der Waals surface area contributed by atoms with Crippen LogP contribution >= 0.6 is 0 Å². The van der Waals surface area contributed by atoms with Gasteiger partial charge in [0.05, 0.1) is 22.9 Å². The summed E-state index contributed by atoms with van der Waals surface area (Å²) >= 11 is 0. The Hall–Kier alpha value is -1.52. The number of nitrogens with zero attached hydrogens (tertiary/aromatic N) is 2. The zero-order valence-corrected chi connectivity index (χ0v) is 8.26. The number of hydrogen-bond donors (Lipinski definition) is 0. The number of fused-ring (bicyclic) bond motifs is 1. The van der Waals surface area contributed by atoms with Crippen LogP contribution < -0.4 is 0 Å². The molecule has 5 heteroatoms. The van der Waals surface area contributed by atoms with Gasteiger partial charge in [0.2, 0.25) is 0 Å². The van der Waals surface area contributed by atoms with Crippen molar-refractivity contribution in [1.82, 2.24) is 9.55 Å². The van der Waals surface area contributed by atoms with Crippen LogP contribution in [0.1, 0.15) is 11.1 Å². The van der Waals surface area contributed by atoms with Gasteiger partial charge in [-0.05, 0) is 24.6 Å². The van der Waals surface area contributed by atoms with Crippen LogP contribution in [0, 0.1) is 6.92 Å². The highest BCUT2D eigenvalue weighted by atomic mass is 19.4. The fourth-order valence-corrected chi connectivity index (χ4v) is 1.65. The molecule has 0 fully saturated rings. The normalized spacial score (nSPS) is 12.3. The molecule has 0 saturated heterocycles. The van der Waals surface area contributed by atoms with Crippen LogP contribution in [0.25, 0.3) is 11.0 Å². The van der Waals surface area contributed by atoms with E-state index in [4.69, 9.17) is 0 Å². The van der Waals surface area contributed by atoms with Gasteiger partial charge in [-0.2, -0.15) is 13.2 Å². The molecule has 2 nitrogen and oxygen atoms in total. The third kappa shape index (κ3) is 1.48. The molecule has 80 valence electrons. The van der Waals surface area contributed by atoms with Gasteiger partial charge in [0.15, 0.2) is 0 Å². The topological polar surface area (TPSA) is 17.8 Å². The van der Waals surface area contributed by atoms with Gasteiger partial charge in [0.1, 0.15) is 0 Å². The molecule has 0 aliphatic rings. The molecule has 0 radical (unpaired) electrons. The first-order chi connectivity index (χ1) is 6.91. The van der Waals surface area contributed by atoms with Crippen LogP contribution in [0.2, 0.25) is 0 Å². The molecule has 1 aromatic heterocycles. The summed E-state index contributed by atoms with van der Waals surface area (Å²) < 4.78 is 39.3. The Morgan fingerprint density at radius 3 is 2.53 bits per heavy atom. The number of imidazole rings is 1. The maximum absolute atomic E-state index is 12.5. The van der Waals surface area contributed by atoms with E-state index in [2.05, 4.69) is 4.98 Å². The van der Waals surface area contributed by atoms with E-state index in [0.717, 1.165) is 6.07 Å². The summed E-state index contributed by atoms with van der Waals surface area (Å²) in [4.78, 5) is 3.95. The monoisotopic (exact) mass is 214 g/mol. The molecule has 0 aliphatic heterocycles. The van der Waals surface area contributed by atoms with E-state index in [1.807, 2.05) is 0 Å². The van der Waals surface area contributed by atoms with Crippen molar-refractivity contribution in [2.75, 3.05) is 0 Å². The number of alkyl halides is 3. The lowest BCUT2D eigenvalue weighted by Crippen LogP contribution is -2.07. The second-order valence-electron chi connectivity index (χ2n) is 3.46. The molecule has 0 N–H and O–H groups in total. The van der Waals surface area contributed by atoms with Crippen LogP contribution in [-0.4, -0.2) is 9.55 Å². The van der Waals surface area contributed by atoms with E-state index in [9.17, 15) is 13.2 Å². The average Bonchev–Trinajstić information content (AvgIpc) is 2.47. The smallest absolute Gasteiger partial charge is 0.334 e. The Morgan fingerprint density at radius 1 is 1.27 bits per heavy atom. The molecule has 2 rings (SSSR count). The summed E-state index contributed by atoms with van der Waals surface area (Å²) in [6.45, 7) is 1.44. The number of aromatic nitrogens is 2. The van der Waals surface area contributed by atoms with Gasteiger partial charge >= 0.3 is 6.18 Å². The van der Waals surface area contributed by atoms with Crippen LogP contribution in [0.5, 0.6) is 0 Å². The first-order valence-corrected chi connectivity index (χ1v) is 4.39. The number of benzene rings is 1. The first kappa shape index (κ1) is 10.0. The van der Waals surface area contributed by atoms with Gasteiger partial charge in [-0.25, -0.2) is 4.98 Å². The summed E-state index contributed by atoms with van der Waals surface area (Å²) in [7, 11) is 1.75. The minimum atomic E-state index is -4.31. The number of halogens is 3. The Kier molecular flexibility index (Phi) is 1.99. The summed E-state index contributed by atoms with van der Waals surface area (Å²) in [5, 5.41) is 0. The summed E-state index contributed by atoms with van der Waals surface area (Å²) in [6.07, 6.45) is -2.80. The number of rotatable bonds is 0. The summed E-state index contributed by atoms with van der Waals surface area (Å²) in [5.74, 6) is 0. The molecule has 1 aromatic carbocycles. The first-order valence-electron chi connectivity index (χ1n) is 4.39. The fourth-order valence-electron chi connectivity index (χ4n) is 1.65. The van der Waals surface area contributed by atoms with E-state index in [0.29, 0.717) is 11.0 Å². The van der Waals surface area contributed by atoms with Gasteiger partial charge in [0.25, 0.3) is 0 Å². The maximum Gasteiger partial charge on any atom is 0.416 e. The van der Waals surface area contributed by atoms with Gasteiger partial charge in [0, 0.05) is 7.05 Å². The average molecular weight is 214 g/mol. The molecule has 1 heterocycles. The summed E-state index contributed by atoms with van der Waals surface area (Å²) in [5.41, 5.74) is 0.683. The van der Waals surface area contributed by atoms with Gasteiger partial charge in [-0.1, -0.05) is 0 Å². The van der Waals surface area contributed by atoms with Crippen LogP contribution in [0.15, 0.2) is 18.5 Å². The van der Waals surface area contributed by atoms with Crippen molar-refractivity contribution in [3.8, 4) is 0 Å². The molecule has 0 aliphatic carbocycles. The highest BCUT2D eigenvalue weighted by Crippen LogP contribution is 2.34. The maximum atomic E-state index is 12.5. The van der Waals surface area contributed by atoms with Crippen molar-refractivity contribution < 1.29 is 13.2 Å². The fraction of sp³-hybridized carbons (Fsp3) is 0.300. The quantitative estimate of drug-likeness (QED) is 0.659. The second-order valence-corrected chi connectivity index (χ2v) is 3.46. The zero-order valence-electron chi connectivity index (χ0n) is 8.26. The molecule has 0 unspecified atom stereocenters. The Bertz CT molecular complexity index is 511. The SMILES string of the molecule is Cc1c(C(F)(F)F)ccc2c1ncn2C. The molecule has 2 aromatic rings. The van der Waals surface area contributed by atoms with E-state index >= 15 is 0 Å². The molecule has 0 spiro atoms. The summed E-state index contributed by atoms with van der Waals surface area (Å²) in [6, 6.07) is 2.54. The number of hydrogen-bond acceptors (Lipinski definition) is 1. The van der Waals surface area contributed by atoms with Gasteiger partial charge in [-0.3, -0.25) is 0 Å². The van der Waals surface area contributed by atoms with Crippen molar-refractivity contribution >= 4 is 11.0 Å². The molecule has 0 saturated carbocycles. The molecular formula is C10H9F3N2. The van der Waals surface area contributed by atoms with Gasteiger partial charge in [-0.15, -0.1) is 0 Å². The molecule has 0 atom stereocenters. The zero-order chi connectivity index (χ0) is 11.2. The molecule has 15 heavy (non-hydrogen) atoms. The van der Waals surface area contributed by atoms with Crippen LogP contribution in [0.4, 0.5) is 13.2 Å². The van der Waals surface area contributed by atoms with Crippen molar-refractivity contribution in [3.05, 3.63) is 29.6 Å². The predicted octanol–water partition coefficient (Wildman–Crippen LogP) is 2.90. The molecular weight excluding hydrogens is 205 g/mol. The van der Waals surface area contributed by atoms with Gasteiger partial charge < -0.3 is 4.57 Å².